The maximum Gasteiger partial charge on any atom is 0.228 e. The zero-order valence-electron chi connectivity index (χ0n) is 19.3. The van der Waals surface area contributed by atoms with Gasteiger partial charge in [-0.25, -0.2) is 4.68 Å². The fourth-order valence-corrected chi connectivity index (χ4v) is 3.96. The molecule has 0 radical (unpaired) electrons. The number of aromatic nitrogens is 2. The summed E-state index contributed by atoms with van der Waals surface area (Å²) in [4.78, 5) is 15.0. The van der Waals surface area contributed by atoms with Crippen molar-refractivity contribution in [3.8, 4) is 23.1 Å². The molecule has 0 aliphatic heterocycles. The number of hydrogen-bond donors (Lipinski definition) is 0. The van der Waals surface area contributed by atoms with Crippen LogP contribution in [0, 0.1) is 12.8 Å². The third kappa shape index (κ3) is 4.55. The second-order valence-corrected chi connectivity index (χ2v) is 8.42. The van der Waals surface area contributed by atoms with Crippen molar-refractivity contribution in [2.75, 3.05) is 7.11 Å². The minimum absolute atomic E-state index is 0.0815. The van der Waals surface area contributed by atoms with E-state index in [-0.39, 0.29) is 11.8 Å². The van der Waals surface area contributed by atoms with Crippen LogP contribution in [-0.4, -0.2) is 27.7 Å². The predicted molar refractivity (Wildman–Crippen MR) is 127 cm³/mol. The van der Waals surface area contributed by atoms with Gasteiger partial charge >= 0.3 is 0 Å². The van der Waals surface area contributed by atoms with Crippen molar-refractivity contribution >= 4 is 5.91 Å². The maximum absolute atomic E-state index is 13.2. The number of carbonyl (C=O) groups excluding carboxylic acids is 1. The first kappa shape index (κ1) is 21.8. The Bertz CT molecular complexity index is 1260. The first-order valence-electron chi connectivity index (χ1n) is 11.4. The molecule has 1 saturated carbocycles. The third-order valence-corrected chi connectivity index (χ3v) is 5.93. The molecular formula is C27H27N3O4. The highest BCUT2D eigenvalue weighted by Gasteiger charge is 2.35. The highest BCUT2D eigenvalue weighted by Crippen LogP contribution is 2.37. The molecule has 1 fully saturated rings. The van der Waals surface area contributed by atoms with Crippen molar-refractivity contribution in [1.29, 1.82) is 0 Å². The lowest BCUT2D eigenvalue weighted by molar-refractivity contribution is -0.134. The van der Waals surface area contributed by atoms with E-state index < -0.39 is 0 Å². The van der Waals surface area contributed by atoms with Gasteiger partial charge in [-0.1, -0.05) is 30.3 Å². The molecule has 0 unspecified atom stereocenters. The summed E-state index contributed by atoms with van der Waals surface area (Å²) in [6, 6.07) is 21.0. The van der Waals surface area contributed by atoms with Crippen molar-refractivity contribution in [2.45, 2.75) is 32.9 Å². The van der Waals surface area contributed by atoms with Crippen molar-refractivity contribution in [3.63, 3.8) is 0 Å². The number of ether oxygens (including phenoxy) is 2. The fourth-order valence-electron chi connectivity index (χ4n) is 3.96. The van der Waals surface area contributed by atoms with Gasteiger partial charge in [0.1, 0.15) is 5.76 Å². The third-order valence-electron chi connectivity index (χ3n) is 5.93. The van der Waals surface area contributed by atoms with Gasteiger partial charge in [-0.3, -0.25) is 4.79 Å². The molecule has 1 aliphatic carbocycles. The topological polar surface area (TPSA) is 69.7 Å². The maximum atomic E-state index is 13.2. The number of nitrogens with zero attached hydrogens (tertiary/aromatic N) is 3. The van der Waals surface area contributed by atoms with Gasteiger partial charge in [-0.15, -0.1) is 0 Å². The van der Waals surface area contributed by atoms with E-state index in [2.05, 4.69) is 0 Å². The molecule has 2 aromatic carbocycles. The van der Waals surface area contributed by atoms with Crippen LogP contribution in [-0.2, 0) is 17.9 Å². The Morgan fingerprint density at radius 2 is 1.76 bits per heavy atom. The first-order chi connectivity index (χ1) is 16.6. The Morgan fingerprint density at radius 1 is 1.03 bits per heavy atom. The second kappa shape index (κ2) is 9.47. The standard InChI is InChI=1S/C27H27N3O4/c1-19-23(18-29(26(31)20-14-15-20)17-22-11-8-16-33-22)27(30(28-19)21-9-4-3-5-10-21)34-25-13-7-6-12-24(25)32-2/h3-13,16,20H,14-15,17-18H2,1-2H3. The van der Waals surface area contributed by atoms with Gasteiger partial charge in [0.2, 0.25) is 11.8 Å². The average Bonchev–Trinajstić information content (AvgIpc) is 3.51. The Labute approximate surface area is 198 Å². The van der Waals surface area contributed by atoms with E-state index in [0.29, 0.717) is 30.5 Å². The molecule has 0 N–H and O–H groups in total. The van der Waals surface area contributed by atoms with Crippen LogP contribution in [0.4, 0.5) is 0 Å². The fraction of sp³-hybridized carbons (Fsp3) is 0.259. The molecule has 1 aliphatic rings. The molecule has 0 saturated heterocycles. The van der Waals surface area contributed by atoms with Crippen LogP contribution in [0.25, 0.3) is 5.69 Å². The summed E-state index contributed by atoms with van der Waals surface area (Å²) >= 11 is 0. The molecule has 34 heavy (non-hydrogen) atoms. The molecule has 4 aromatic rings. The number of furan rings is 1. The Morgan fingerprint density at radius 3 is 2.44 bits per heavy atom. The quantitative estimate of drug-likeness (QED) is 0.331. The Kier molecular flexibility index (Phi) is 6.08. The molecular weight excluding hydrogens is 430 g/mol. The highest BCUT2D eigenvalue weighted by atomic mass is 16.5. The lowest BCUT2D eigenvalue weighted by Crippen LogP contribution is -2.31. The summed E-state index contributed by atoms with van der Waals surface area (Å²) in [6.45, 7) is 2.70. The van der Waals surface area contributed by atoms with E-state index in [1.807, 2.05) is 78.6 Å². The summed E-state index contributed by atoms with van der Waals surface area (Å²) in [6.07, 6.45) is 3.49. The SMILES string of the molecule is COc1ccccc1Oc1c(CN(Cc2ccco2)C(=O)C2CC2)c(C)nn1-c1ccccc1. The van der Waals surface area contributed by atoms with E-state index in [0.717, 1.165) is 35.5 Å². The molecule has 7 heteroatoms. The number of benzene rings is 2. The van der Waals surface area contributed by atoms with Crippen LogP contribution in [0.3, 0.4) is 0 Å². The second-order valence-electron chi connectivity index (χ2n) is 8.42. The summed E-state index contributed by atoms with van der Waals surface area (Å²) in [5.41, 5.74) is 2.50. The molecule has 7 nitrogen and oxygen atoms in total. The summed E-state index contributed by atoms with van der Waals surface area (Å²) < 4.78 is 19.3. The van der Waals surface area contributed by atoms with Crippen molar-refractivity contribution < 1.29 is 18.7 Å². The molecule has 1 amide bonds. The van der Waals surface area contributed by atoms with Gasteiger partial charge in [0.05, 0.1) is 43.4 Å². The number of carbonyl (C=O) groups is 1. The summed E-state index contributed by atoms with van der Waals surface area (Å²) in [5, 5.41) is 4.79. The molecule has 5 rings (SSSR count). The van der Waals surface area contributed by atoms with E-state index >= 15 is 0 Å². The van der Waals surface area contributed by atoms with Crippen LogP contribution in [0.2, 0.25) is 0 Å². The van der Waals surface area contributed by atoms with E-state index in [9.17, 15) is 4.79 Å². The lowest BCUT2D eigenvalue weighted by Gasteiger charge is -2.22. The normalized spacial score (nSPS) is 13.0. The van der Waals surface area contributed by atoms with Gasteiger partial charge in [0.25, 0.3) is 0 Å². The van der Waals surface area contributed by atoms with Crippen LogP contribution in [0.15, 0.2) is 77.4 Å². The lowest BCUT2D eigenvalue weighted by atomic mass is 10.2. The van der Waals surface area contributed by atoms with Crippen LogP contribution in [0.1, 0.15) is 29.9 Å². The molecule has 0 bridgehead atoms. The number of rotatable bonds is 9. The van der Waals surface area contributed by atoms with E-state index in [1.54, 1.807) is 18.1 Å². The van der Waals surface area contributed by atoms with Gasteiger partial charge in [0, 0.05) is 5.92 Å². The minimum Gasteiger partial charge on any atom is -0.493 e. The van der Waals surface area contributed by atoms with Crippen molar-refractivity contribution in [1.82, 2.24) is 14.7 Å². The Balaban J connectivity index is 1.56. The number of aryl methyl sites for hydroxylation is 1. The molecule has 2 aromatic heterocycles. The van der Waals surface area contributed by atoms with E-state index in [1.165, 1.54) is 0 Å². The zero-order chi connectivity index (χ0) is 23.5. The minimum atomic E-state index is 0.0815. The predicted octanol–water partition coefficient (Wildman–Crippen LogP) is 5.51. The molecule has 2 heterocycles. The van der Waals surface area contributed by atoms with Crippen LogP contribution < -0.4 is 9.47 Å². The summed E-state index contributed by atoms with van der Waals surface area (Å²) in [7, 11) is 1.61. The molecule has 0 spiro atoms. The number of amides is 1. The van der Waals surface area contributed by atoms with Gasteiger partial charge in [0.15, 0.2) is 11.5 Å². The highest BCUT2D eigenvalue weighted by molar-refractivity contribution is 5.81. The molecule has 174 valence electrons. The van der Waals surface area contributed by atoms with E-state index in [4.69, 9.17) is 19.0 Å². The monoisotopic (exact) mass is 457 g/mol. The largest absolute Gasteiger partial charge is 0.493 e. The number of hydrogen-bond acceptors (Lipinski definition) is 5. The van der Waals surface area contributed by atoms with Gasteiger partial charge in [-0.05, 0) is 56.2 Å². The Hall–Kier alpha value is -4.00. The molecule has 0 atom stereocenters. The van der Waals surface area contributed by atoms with Gasteiger partial charge < -0.3 is 18.8 Å². The smallest absolute Gasteiger partial charge is 0.228 e. The van der Waals surface area contributed by atoms with Crippen LogP contribution >= 0.6 is 0 Å². The number of para-hydroxylation sites is 3. The zero-order valence-corrected chi connectivity index (χ0v) is 19.3. The van der Waals surface area contributed by atoms with Crippen molar-refractivity contribution in [3.05, 3.63) is 90.0 Å². The average molecular weight is 458 g/mol. The van der Waals surface area contributed by atoms with Crippen LogP contribution in [0.5, 0.6) is 17.4 Å². The number of methoxy groups -OCH3 is 1. The first-order valence-corrected chi connectivity index (χ1v) is 11.4. The summed E-state index contributed by atoms with van der Waals surface area (Å²) in [5.74, 6) is 2.71. The van der Waals surface area contributed by atoms with Gasteiger partial charge in [-0.2, -0.15) is 5.10 Å². The van der Waals surface area contributed by atoms with Crippen molar-refractivity contribution in [2.24, 2.45) is 5.92 Å².